The molecule has 66 heavy (non-hydrogen) atoms. The van der Waals surface area contributed by atoms with E-state index in [2.05, 4.69) is 268 Å². The van der Waals surface area contributed by atoms with Gasteiger partial charge in [-0.1, -0.05) is 167 Å². The molecule has 9 rings (SSSR count). The Bertz CT molecular complexity index is 3000. The van der Waals surface area contributed by atoms with Crippen LogP contribution >= 0.6 is 0 Å². The molecule has 0 saturated heterocycles. The first-order valence-corrected chi connectivity index (χ1v) is 23.1. The Morgan fingerprint density at radius 2 is 1.03 bits per heavy atom. The van der Waals surface area contributed by atoms with Crippen LogP contribution in [0.25, 0.3) is 27.6 Å². The number of benzene rings is 6. The normalized spacial score (nSPS) is 13.8. The van der Waals surface area contributed by atoms with Gasteiger partial charge in [0.25, 0.3) is 0 Å². The Balaban J connectivity index is 0.00000592. The first kappa shape index (κ1) is 46.8. The van der Waals surface area contributed by atoms with Gasteiger partial charge in [0.2, 0.25) is 0 Å². The summed E-state index contributed by atoms with van der Waals surface area (Å²) in [6.45, 7) is 29.7. The van der Waals surface area contributed by atoms with Crippen LogP contribution in [0.4, 0.5) is 11.4 Å². The fourth-order valence-electron chi connectivity index (χ4n) is 9.31. The van der Waals surface area contributed by atoms with Crippen LogP contribution in [0.5, 0.6) is 0 Å². The Morgan fingerprint density at radius 3 is 1.64 bits per heavy atom. The minimum atomic E-state index is -0.416. The Hall–Kier alpha value is -5.70. The number of anilines is 2. The van der Waals surface area contributed by atoms with Crippen molar-refractivity contribution in [2.45, 2.75) is 110 Å². The van der Waals surface area contributed by atoms with E-state index in [1.807, 2.05) is 6.20 Å². The summed E-state index contributed by atoms with van der Waals surface area (Å²) in [6.07, 6.45) is 6.25. The van der Waals surface area contributed by atoms with E-state index in [4.69, 9.17) is 4.98 Å². The molecule has 0 unspecified atom stereocenters. The summed E-state index contributed by atoms with van der Waals surface area (Å²) in [7, 11) is 0. The van der Waals surface area contributed by atoms with Crippen LogP contribution in [0.15, 0.2) is 158 Å². The first-order chi connectivity index (χ1) is 30.7. The van der Waals surface area contributed by atoms with E-state index in [-0.39, 0.29) is 42.7 Å². The van der Waals surface area contributed by atoms with Crippen LogP contribution < -0.4 is 9.80 Å². The molecule has 0 N–H and O–H groups in total. The zero-order valence-electron chi connectivity index (χ0n) is 40.7. The van der Waals surface area contributed by atoms with Crippen LogP contribution in [0.3, 0.4) is 0 Å². The summed E-state index contributed by atoms with van der Waals surface area (Å²) in [4.78, 5) is 9.41. The van der Waals surface area contributed by atoms with Crippen molar-refractivity contribution in [3.63, 3.8) is 0 Å². The first-order valence-electron chi connectivity index (χ1n) is 23.1. The number of hydrogen-bond acceptors (Lipinski definition) is 3. The summed E-state index contributed by atoms with van der Waals surface area (Å²) in [6, 6.07) is 59.0. The van der Waals surface area contributed by atoms with Gasteiger partial charge < -0.3 is 14.4 Å². The van der Waals surface area contributed by atoms with Crippen LogP contribution in [-0.4, -0.2) is 9.55 Å². The minimum Gasteiger partial charge on any atom is -0.500 e. The van der Waals surface area contributed by atoms with Crippen LogP contribution in [0.1, 0.15) is 128 Å². The van der Waals surface area contributed by atoms with Crippen molar-refractivity contribution in [3.05, 3.63) is 221 Å². The van der Waals surface area contributed by atoms with E-state index in [1.165, 1.54) is 44.2 Å². The van der Waals surface area contributed by atoms with Crippen molar-refractivity contribution in [1.29, 1.82) is 0 Å². The van der Waals surface area contributed by atoms with Crippen molar-refractivity contribution in [2.75, 3.05) is 9.80 Å². The molecule has 0 atom stereocenters. The monoisotopic (exact) mass is 1050 g/mol. The number of rotatable bonds is 9. The second kappa shape index (κ2) is 17.2. The maximum Gasteiger partial charge on any atom is 0.135 e. The van der Waals surface area contributed by atoms with Crippen molar-refractivity contribution in [1.82, 2.24) is 9.55 Å². The van der Waals surface area contributed by atoms with Crippen LogP contribution in [0.2, 0.25) is 0 Å². The molecule has 8 aromatic rings. The van der Waals surface area contributed by atoms with Gasteiger partial charge in [0, 0.05) is 49.3 Å². The van der Waals surface area contributed by atoms with Gasteiger partial charge in [-0.05, 0) is 97.7 Å². The van der Waals surface area contributed by atoms with Gasteiger partial charge in [-0.15, -0.1) is 17.7 Å². The number of hydrogen-bond donors (Lipinski definition) is 0. The topological polar surface area (TPSA) is 24.3 Å². The summed E-state index contributed by atoms with van der Waals surface area (Å²) < 4.78 is 2.31. The molecule has 0 bridgehead atoms. The molecule has 1 aliphatic rings. The smallest absolute Gasteiger partial charge is 0.135 e. The van der Waals surface area contributed by atoms with E-state index in [1.54, 1.807) is 0 Å². The van der Waals surface area contributed by atoms with E-state index >= 15 is 0 Å². The summed E-state index contributed by atoms with van der Waals surface area (Å²) >= 11 is 0. The third-order valence-electron chi connectivity index (χ3n) is 14.1. The van der Waals surface area contributed by atoms with E-state index < -0.39 is 5.41 Å². The van der Waals surface area contributed by atoms with E-state index in [0.717, 1.165) is 39.4 Å². The second-order valence-electron chi connectivity index (χ2n) is 21.7. The molecule has 340 valence electrons. The molecule has 0 radical (unpaired) electrons. The summed E-state index contributed by atoms with van der Waals surface area (Å²) in [5.41, 5.74) is 13.3. The number of fused-ring (bicyclic) bond motifs is 3. The van der Waals surface area contributed by atoms with Crippen molar-refractivity contribution in [2.24, 2.45) is 0 Å². The molecule has 0 spiro atoms. The summed E-state index contributed by atoms with van der Waals surface area (Å²) in [5.74, 6) is 0.909. The van der Waals surface area contributed by atoms with Crippen molar-refractivity contribution >= 4 is 33.2 Å². The molecule has 0 fully saturated rings. The quantitative estimate of drug-likeness (QED) is 0.135. The van der Waals surface area contributed by atoms with Crippen molar-refractivity contribution in [3.8, 4) is 5.82 Å². The average molecular weight is 1050 g/mol. The molecule has 3 heterocycles. The SMILES string of the molecule is CC(C)(C)c1ccnc(-n2c3[c-]c(C(C)(C)c4[c-]c(N5C=CN(c6cc(C(C)(C)c7ccccc7)cc(C(C)(C)c7ccccc7)c6)[CH-]5)ccc4)ccc3c3cc(C(C)(C)C)ccc32)c1.[Pt]. The van der Waals surface area contributed by atoms with E-state index in [0.29, 0.717) is 0 Å². The molecular formula is C61H63N4Pt-3. The van der Waals surface area contributed by atoms with Crippen LogP contribution in [0, 0.1) is 18.8 Å². The van der Waals surface area contributed by atoms with Gasteiger partial charge >= 0.3 is 0 Å². The maximum absolute atomic E-state index is 4.98. The Kier molecular flexibility index (Phi) is 12.2. The minimum absolute atomic E-state index is 0. The third-order valence-corrected chi connectivity index (χ3v) is 14.1. The van der Waals surface area contributed by atoms with Crippen molar-refractivity contribution < 1.29 is 21.1 Å². The standard InChI is InChI=1S/C61H63N4.Pt/c1-57(2,3)44-27-29-54-53(38-44)52-28-26-47(39-55(52)65(54)56-40-45(30-31-62-56)58(4,5)6)61(11,12)46-24-19-25-50(35-46)63-32-33-64(41-63)51-36-48(59(7,8)42-20-15-13-16-21-42)34-49(37-51)60(9,10)43-22-17-14-18-23-43;/h13-34,36-38,40-41H,1-12H3;/q-3;. The molecule has 1 aliphatic heterocycles. The van der Waals surface area contributed by atoms with Crippen LogP contribution in [-0.2, 0) is 48.1 Å². The number of nitrogens with zero attached hydrogens (tertiary/aromatic N) is 4. The predicted molar refractivity (Wildman–Crippen MR) is 274 cm³/mol. The van der Waals surface area contributed by atoms with Gasteiger partial charge in [0.1, 0.15) is 5.82 Å². The largest absolute Gasteiger partial charge is 0.500 e. The van der Waals surface area contributed by atoms with Gasteiger partial charge in [-0.2, -0.15) is 53.6 Å². The number of pyridine rings is 1. The summed E-state index contributed by atoms with van der Waals surface area (Å²) in [5, 5.41) is 2.39. The third kappa shape index (κ3) is 8.59. The fraction of sp³-hybridized carbons (Fsp3) is 0.279. The molecule has 2 aromatic heterocycles. The molecule has 0 amide bonds. The second-order valence-corrected chi connectivity index (χ2v) is 21.7. The Labute approximate surface area is 408 Å². The van der Waals surface area contributed by atoms with Gasteiger partial charge in [-0.25, -0.2) is 4.98 Å². The fourth-order valence-corrected chi connectivity index (χ4v) is 9.31. The average Bonchev–Trinajstić information content (AvgIpc) is 3.92. The molecule has 4 nitrogen and oxygen atoms in total. The molecule has 0 saturated carbocycles. The zero-order valence-corrected chi connectivity index (χ0v) is 43.0. The molecular weight excluding hydrogens is 984 g/mol. The predicted octanol–water partition coefficient (Wildman–Crippen LogP) is 15.3. The van der Waals surface area contributed by atoms with E-state index in [9.17, 15) is 0 Å². The maximum atomic E-state index is 4.98. The van der Waals surface area contributed by atoms with Gasteiger partial charge in [0.15, 0.2) is 0 Å². The van der Waals surface area contributed by atoms with Gasteiger partial charge in [-0.3, -0.25) is 0 Å². The zero-order chi connectivity index (χ0) is 46.1. The Morgan fingerprint density at radius 1 is 0.455 bits per heavy atom. The molecule has 6 aromatic carbocycles. The molecule has 0 aliphatic carbocycles. The van der Waals surface area contributed by atoms with Gasteiger partial charge in [0.05, 0.1) is 0 Å². The number of aromatic nitrogens is 2. The molecule has 5 heteroatoms.